The van der Waals surface area contributed by atoms with E-state index in [0.29, 0.717) is 12.0 Å². The molecule has 2 unspecified atom stereocenters. The third kappa shape index (κ3) is 6.16. The van der Waals surface area contributed by atoms with Crippen LogP contribution in [0.3, 0.4) is 0 Å². The molecule has 2 N–H and O–H groups in total. The van der Waals surface area contributed by atoms with Crippen LogP contribution in [0, 0.1) is 5.92 Å². The van der Waals surface area contributed by atoms with Gasteiger partial charge >= 0.3 is 0 Å². The van der Waals surface area contributed by atoms with Gasteiger partial charge in [-0.25, -0.2) is 0 Å². The molecule has 0 radical (unpaired) electrons. The fourth-order valence-corrected chi connectivity index (χ4v) is 3.08. The fourth-order valence-electron chi connectivity index (χ4n) is 1.84. The molecule has 1 aromatic rings. The molecule has 0 bridgehead atoms. The van der Waals surface area contributed by atoms with Crippen LogP contribution in [0.2, 0.25) is 0 Å². The lowest BCUT2D eigenvalue weighted by molar-refractivity contribution is 0.242. The second-order valence-corrected chi connectivity index (χ2v) is 6.48. The molecule has 1 rings (SSSR count). The van der Waals surface area contributed by atoms with Gasteiger partial charge in [-0.05, 0) is 50.3 Å². The number of hydrogen-bond donors (Lipinski definition) is 2. The van der Waals surface area contributed by atoms with Gasteiger partial charge in [0.05, 0.1) is 6.10 Å². The first-order chi connectivity index (χ1) is 9.56. The summed E-state index contributed by atoms with van der Waals surface area (Å²) in [6.07, 6.45) is 0.205. The van der Waals surface area contributed by atoms with Gasteiger partial charge in [0, 0.05) is 18.4 Å². The summed E-state index contributed by atoms with van der Waals surface area (Å²) in [5, 5.41) is 12.4. The number of rotatable bonds is 9. The number of aliphatic hydroxyl groups is 1. The van der Waals surface area contributed by atoms with Gasteiger partial charge in [0.2, 0.25) is 0 Å². The van der Waals surface area contributed by atoms with Crippen molar-refractivity contribution in [2.45, 2.75) is 32.9 Å². The molecule has 114 valence electrons. The van der Waals surface area contributed by atoms with Crippen LogP contribution in [-0.2, 0) is 0 Å². The normalized spacial score (nSPS) is 14.3. The van der Waals surface area contributed by atoms with Crippen LogP contribution in [0.25, 0.3) is 0 Å². The van der Waals surface area contributed by atoms with Crippen molar-refractivity contribution in [3.05, 3.63) is 29.8 Å². The third-order valence-corrected chi connectivity index (χ3v) is 4.38. The van der Waals surface area contributed by atoms with Crippen molar-refractivity contribution in [3.63, 3.8) is 0 Å². The van der Waals surface area contributed by atoms with Gasteiger partial charge in [0.1, 0.15) is 5.75 Å². The maximum Gasteiger partial charge on any atom is 0.119 e. The smallest absolute Gasteiger partial charge is 0.119 e. The van der Waals surface area contributed by atoms with E-state index >= 15 is 0 Å². The molecule has 20 heavy (non-hydrogen) atoms. The van der Waals surface area contributed by atoms with Gasteiger partial charge in [0.15, 0.2) is 0 Å². The molecule has 0 saturated carbocycles. The summed E-state index contributed by atoms with van der Waals surface area (Å²) in [5.74, 6) is 3.27. The first-order valence-corrected chi connectivity index (χ1v) is 8.34. The molecule has 0 fully saturated rings. The Hall–Kier alpha value is -0.710. The van der Waals surface area contributed by atoms with E-state index in [-0.39, 0.29) is 12.7 Å². The van der Waals surface area contributed by atoms with E-state index in [9.17, 15) is 0 Å². The SMILES string of the molecule is CNC(CSCC(C)CO)c1ccc(OC(C)C)cc1. The minimum absolute atomic E-state index is 0.205. The Morgan fingerprint density at radius 3 is 2.30 bits per heavy atom. The highest BCUT2D eigenvalue weighted by atomic mass is 32.2. The highest BCUT2D eigenvalue weighted by molar-refractivity contribution is 7.99. The van der Waals surface area contributed by atoms with Crippen molar-refractivity contribution in [2.75, 3.05) is 25.2 Å². The molecule has 2 atom stereocenters. The number of aliphatic hydroxyl groups excluding tert-OH is 1. The Labute approximate surface area is 127 Å². The average molecular weight is 297 g/mol. The molecule has 0 aliphatic carbocycles. The quantitative estimate of drug-likeness (QED) is 0.735. The Kier molecular flexibility index (Phi) is 8.04. The lowest BCUT2D eigenvalue weighted by Gasteiger charge is -2.18. The largest absolute Gasteiger partial charge is 0.491 e. The van der Waals surface area contributed by atoms with Crippen LogP contribution < -0.4 is 10.1 Å². The summed E-state index contributed by atoms with van der Waals surface area (Å²) >= 11 is 1.87. The topological polar surface area (TPSA) is 41.5 Å². The lowest BCUT2D eigenvalue weighted by Crippen LogP contribution is -2.19. The summed E-state index contributed by atoms with van der Waals surface area (Å²) in [4.78, 5) is 0. The van der Waals surface area contributed by atoms with Crippen LogP contribution in [-0.4, -0.2) is 36.4 Å². The van der Waals surface area contributed by atoms with Crippen molar-refractivity contribution in [2.24, 2.45) is 5.92 Å². The van der Waals surface area contributed by atoms with Crippen LogP contribution in [0.4, 0.5) is 0 Å². The van der Waals surface area contributed by atoms with Crippen LogP contribution in [0.15, 0.2) is 24.3 Å². The maximum absolute atomic E-state index is 9.03. The predicted molar refractivity (Wildman–Crippen MR) is 87.6 cm³/mol. The monoisotopic (exact) mass is 297 g/mol. The number of thioether (sulfide) groups is 1. The standard InChI is InChI=1S/C16H27NO2S/c1-12(2)19-15-7-5-14(6-8-15)16(17-4)11-20-10-13(3)9-18/h5-8,12-13,16-18H,9-11H2,1-4H3. The minimum atomic E-state index is 0.205. The summed E-state index contributed by atoms with van der Waals surface area (Å²) in [6.45, 7) is 6.39. The summed E-state index contributed by atoms with van der Waals surface area (Å²) in [6, 6.07) is 8.63. The molecule has 0 amide bonds. The predicted octanol–water partition coefficient (Wildman–Crippen LogP) is 3.10. The van der Waals surface area contributed by atoms with Crippen molar-refractivity contribution >= 4 is 11.8 Å². The van der Waals surface area contributed by atoms with E-state index in [2.05, 4.69) is 24.4 Å². The molecule has 0 saturated heterocycles. The third-order valence-electron chi connectivity index (χ3n) is 3.00. The maximum atomic E-state index is 9.03. The number of hydrogen-bond acceptors (Lipinski definition) is 4. The number of benzene rings is 1. The Bertz CT molecular complexity index is 367. The van der Waals surface area contributed by atoms with Gasteiger partial charge in [0.25, 0.3) is 0 Å². The van der Waals surface area contributed by atoms with E-state index in [4.69, 9.17) is 9.84 Å². The van der Waals surface area contributed by atoms with Gasteiger partial charge in [-0.3, -0.25) is 0 Å². The Balaban J connectivity index is 2.52. The zero-order chi connectivity index (χ0) is 15.0. The molecular weight excluding hydrogens is 270 g/mol. The molecular formula is C16H27NO2S. The van der Waals surface area contributed by atoms with Crippen LogP contribution >= 0.6 is 11.8 Å². The Morgan fingerprint density at radius 1 is 1.15 bits per heavy atom. The Morgan fingerprint density at radius 2 is 1.80 bits per heavy atom. The first-order valence-electron chi connectivity index (χ1n) is 7.19. The van der Waals surface area contributed by atoms with Gasteiger partial charge in [-0.2, -0.15) is 11.8 Å². The lowest BCUT2D eigenvalue weighted by atomic mass is 10.1. The van der Waals surface area contributed by atoms with E-state index in [0.717, 1.165) is 17.3 Å². The highest BCUT2D eigenvalue weighted by Gasteiger charge is 2.10. The molecule has 0 aliphatic heterocycles. The van der Waals surface area contributed by atoms with E-state index in [1.807, 2.05) is 44.8 Å². The average Bonchev–Trinajstić information content (AvgIpc) is 2.44. The highest BCUT2D eigenvalue weighted by Crippen LogP contribution is 2.22. The first kappa shape index (κ1) is 17.3. The van der Waals surface area contributed by atoms with Crippen molar-refractivity contribution in [1.82, 2.24) is 5.32 Å². The zero-order valence-corrected chi connectivity index (χ0v) is 13.7. The van der Waals surface area contributed by atoms with Crippen molar-refractivity contribution in [3.8, 4) is 5.75 Å². The molecule has 1 aromatic carbocycles. The van der Waals surface area contributed by atoms with Gasteiger partial charge in [-0.1, -0.05) is 19.1 Å². The van der Waals surface area contributed by atoms with Crippen molar-refractivity contribution in [1.29, 1.82) is 0 Å². The number of nitrogens with one attached hydrogen (secondary N) is 1. The fraction of sp³-hybridized carbons (Fsp3) is 0.625. The molecule has 0 aromatic heterocycles. The van der Waals surface area contributed by atoms with Crippen LogP contribution in [0.5, 0.6) is 5.75 Å². The molecule has 0 spiro atoms. The van der Waals surface area contributed by atoms with Gasteiger partial charge in [-0.15, -0.1) is 0 Å². The molecule has 0 heterocycles. The van der Waals surface area contributed by atoms with E-state index in [1.54, 1.807) is 0 Å². The molecule has 0 aliphatic rings. The second kappa shape index (κ2) is 9.27. The van der Waals surface area contributed by atoms with E-state index < -0.39 is 0 Å². The van der Waals surface area contributed by atoms with Crippen LogP contribution in [0.1, 0.15) is 32.4 Å². The summed E-state index contributed by atoms with van der Waals surface area (Å²) in [5.41, 5.74) is 1.27. The second-order valence-electron chi connectivity index (χ2n) is 5.40. The minimum Gasteiger partial charge on any atom is -0.491 e. The zero-order valence-electron chi connectivity index (χ0n) is 12.9. The van der Waals surface area contributed by atoms with Crippen molar-refractivity contribution < 1.29 is 9.84 Å². The molecule has 4 heteroatoms. The summed E-state index contributed by atoms with van der Waals surface area (Å²) in [7, 11) is 1.99. The number of ether oxygens (including phenoxy) is 1. The summed E-state index contributed by atoms with van der Waals surface area (Å²) < 4.78 is 5.66. The van der Waals surface area contributed by atoms with E-state index in [1.165, 1.54) is 5.56 Å². The van der Waals surface area contributed by atoms with Gasteiger partial charge < -0.3 is 15.2 Å². The molecule has 3 nitrogen and oxygen atoms in total.